The van der Waals surface area contributed by atoms with Crippen LogP contribution < -0.4 is 5.32 Å². The average molecular weight is 436 g/mol. The molecule has 6 heteroatoms. The fourth-order valence-corrected chi connectivity index (χ4v) is 3.38. The van der Waals surface area contributed by atoms with Crippen molar-refractivity contribution in [2.24, 2.45) is 0 Å². The number of nitrogens with one attached hydrogen (secondary N) is 1. The van der Waals surface area contributed by atoms with Crippen LogP contribution >= 0.6 is 15.9 Å². The van der Waals surface area contributed by atoms with E-state index in [1.807, 2.05) is 45.0 Å². The number of sulfone groups is 1. The minimum absolute atomic E-state index is 0.218. The van der Waals surface area contributed by atoms with Crippen LogP contribution in [0.3, 0.4) is 0 Å². The summed E-state index contributed by atoms with van der Waals surface area (Å²) in [5, 5.41) is 2.96. The van der Waals surface area contributed by atoms with Crippen LogP contribution in [-0.2, 0) is 14.6 Å². The second kappa shape index (κ2) is 7.76. The molecule has 1 N–H and O–H groups in total. The van der Waals surface area contributed by atoms with Crippen LogP contribution in [0.2, 0.25) is 0 Å². The van der Waals surface area contributed by atoms with Crippen molar-refractivity contribution in [1.29, 1.82) is 0 Å². The van der Waals surface area contributed by atoms with Crippen molar-refractivity contribution in [1.82, 2.24) is 5.32 Å². The Kier molecular flexibility index (Phi) is 6.09. The summed E-state index contributed by atoms with van der Waals surface area (Å²) < 4.78 is 24.2. The van der Waals surface area contributed by atoms with Crippen LogP contribution in [0, 0.1) is 0 Å². The maximum atomic E-state index is 12.8. The molecule has 138 valence electrons. The van der Waals surface area contributed by atoms with Crippen LogP contribution in [-0.4, -0.2) is 26.1 Å². The molecule has 0 bridgehead atoms. The predicted molar refractivity (Wildman–Crippen MR) is 109 cm³/mol. The number of carbonyl (C=O) groups is 1. The van der Waals surface area contributed by atoms with Gasteiger partial charge >= 0.3 is 0 Å². The average Bonchev–Trinajstić information content (AvgIpc) is 2.50. The van der Waals surface area contributed by atoms with Gasteiger partial charge in [0.15, 0.2) is 9.84 Å². The van der Waals surface area contributed by atoms with Crippen molar-refractivity contribution in [2.75, 3.05) is 6.26 Å². The zero-order valence-electron chi connectivity index (χ0n) is 15.2. The highest BCUT2D eigenvalue weighted by atomic mass is 79.9. The lowest BCUT2D eigenvalue weighted by Crippen LogP contribution is -2.41. The molecule has 0 fully saturated rings. The summed E-state index contributed by atoms with van der Waals surface area (Å²) in [5.74, 6) is -0.218. The Bertz CT molecular complexity index is 940. The molecule has 0 aliphatic heterocycles. The monoisotopic (exact) mass is 435 g/mol. The molecule has 1 amide bonds. The summed E-state index contributed by atoms with van der Waals surface area (Å²) in [6, 6.07) is 14.0. The van der Waals surface area contributed by atoms with Gasteiger partial charge in [-0.1, -0.05) is 40.2 Å². The number of hydrogen-bond acceptors (Lipinski definition) is 3. The van der Waals surface area contributed by atoms with Crippen molar-refractivity contribution in [3.05, 3.63) is 64.1 Å². The van der Waals surface area contributed by atoms with E-state index in [0.717, 1.165) is 16.3 Å². The van der Waals surface area contributed by atoms with Crippen LogP contribution in [0.4, 0.5) is 0 Å². The van der Waals surface area contributed by atoms with Gasteiger partial charge in [-0.3, -0.25) is 4.79 Å². The Morgan fingerprint density at radius 2 is 1.69 bits per heavy atom. The van der Waals surface area contributed by atoms with Gasteiger partial charge in [-0.15, -0.1) is 0 Å². The van der Waals surface area contributed by atoms with Gasteiger partial charge in [0, 0.05) is 21.8 Å². The molecule has 0 aromatic heterocycles. The molecule has 0 aliphatic rings. The van der Waals surface area contributed by atoms with E-state index in [4.69, 9.17) is 0 Å². The highest BCUT2D eigenvalue weighted by Crippen LogP contribution is 2.23. The Balaban J connectivity index is 2.51. The number of halogens is 1. The first kappa shape index (κ1) is 20.4. The lowest BCUT2D eigenvalue weighted by molar-refractivity contribution is -0.116. The molecule has 0 spiro atoms. The standard InChI is InChI=1S/C20H22BrNO3S/c1-20(2,3)22-19(23)18(13-14-6-5-7-16(21)12-14)15-8-10-17(11-9-15)26(4,24)25/h5-13H,1-4H3,(H,22,23). The third kappa shape index (κ3) is 5.81. The van der Waals surface area contributed by atoms with E-state index in [-0.39, 0.29) is 16.3 Å². The summed E-state index contributed by atoms with van der Waals surface area (Å²) in [7, 11) is -3.29. The summed E-state index contributed by atoms with van der Waals surface area (Å²) in [6.45, 7) is 5.73. The molecule has 2 aromatic carbocycles. The lowest BCUT2D eigenvalue weighted by Gasteiger charge is -2.22. The van der Waals surface area contributed by atoms with Crippen molar-refractivity contribution < 1.29 is 13.2 Å². The van der Waals surface area contributed by atoms with Gasteiger partial charge in [0.25, 0.3) is 5.91 Å². The van der Waals surface area contributed by atoms with Gasteiger partial charge < -0.3 is 5.32 Å². The van der Waals surface area contributed by atoms with Crippen molar-refractivity contribution in [3.63, 3.8) is 0 Å². The number of hydrogen-bond donors (Lipinski definition) is 1. The molecule has 0 aliphatic carbocycles. The summed E-state index contributed by atoms with van der Waals surface area (Å²) in [4.78, 5) is 13.0. The quantitative estimate of drug-likeness (QED) is 0.574. The molecule has 2 rings (SSSR count). The van der Waals surface area contributed by atoms with E-state index in [1.54, 1.807) is 18.2 Å². The van der Waals surface area contributed by atoms with Crippen LogP contribution in [0.15, 0.2) is 57.9 Å². The number of benzene rings is 2. The van der Waals surface area contributed by atoms with Gasteiger partial charge in [-0.05, 0) is 62.2 Å². The minimum atomic E-state index is -3.29. The second-order valence-corrected chi connectivity index (χ2v) is 10.0. The fourth-order valence-electron chi connectivity index (χ4n) is 2.33. The van der Waals surface area contributed by atoms with E-state index in [2.05, 4.69) is 21.2 Å². The summed E-state index contributed by atoms with van der Waals surface area (Å²) in [5.41, 5.74) is 1.60. The number of rotatable bonds is 4. The van der Waals surface area contributed by atoms with Crippen molar-refractivity contribution in [2.45, 2.75) is 31.2 Å². The van der Waals surface area contributed by atoms with Crippen molar-refractivity contribution in [3.8, 4) is 0 Å². The minimum Gasteiger partial charge on any atom is -0.347 e. The molecule has 0 saturated carbocycles. The smallest absolute Gasteiger partial charge is 0.252 e. The predicted octanol–water partition coefficient (Wildman–Crippen LogP) is 4.31. The zero-order valence-corrected chi connectivity index (χ0v) is 17.6. The van der Waals surface area contributed by atoms with Gasteiger partial charge in [0.1, 0.15) is 0 Å². The van der Waals surface area contributed by atoms with Crippen LogP contribution in [0.25, 0.3) is 11.6 Å². The first-order valence-corrected chi connectivity index (χ1v) is 10.7. The molecule has 26 heavy (non-hydrogen) atoms. The molecule has 0 saturated heterocycles. The first-order chi connectivity index (χ1) is 12.0. The Morgan fingerprint density at radius 1 is 1.08 bits per heavy atom. The van der Waals surface area contributed by atoms with Gasteiger partial charge in [0.2, 0.25) is 0 Å². The van der Waals surface area contributed by atoms with Gasteiger partial charge in [0.05, 0.1) is 4.90 Å². The zero-order chi connectivity index (χ0) is 19.5. The van der Waals surface area contributed by atoms with E-state index in [9.17, 15) is 13.2 Å². The molecule has 0 heterocycles. The second-order valence-electron chi connectivity index (χ2n) is 7.11. The highest BCUT2D eigenvalue weighted by Gasteiger charge is 2.19. The third-order valence-corrected chi connectivity index (χ3v) is 5.11. The lowest BCUT2D eigenvalue weighted by atomic mass is 10.00. The van der Waals surface area contributed by atoms with Gasteiger partial charge in [-0.2, -0.15) is 0 Å². The molecular weight excluding hydrogens is 414 g/mol. The number of carbonyl (C=O) groups excluding carboxylic acids is 1. The molecule has 4 nitrogen and oxygen atoms in total. The Morgan fingerprint density at radius 3 is 2.19 bits per heavy atom. The van der Waals surface area contributed by atoms with Crippen molar-refractivity contribution >= 4 is 43.3 Å². The largest absolute Gasteiger partial charge is 0.347 e. The molecule has 0 atom stereocenters. The van der Waals surface area contributed by atoms with Crippen LogP contribution in [0.5, 0.6) is 0 Å². The first-order valence-electron chi connectivity index (χ1n) is 8.06. The molecule has 0 unspecified atom stereocenters. The normalized spacial score (nSPS) is 12.7. The Hall–Kier alpha value is -1.92. The summed E-state index contributed by atoms with van der Waals surface area (Å²) >= 11 is 3.43. The van der Waals surface area contributed by atoms with Crippen LogP contribution in [0.1, 0.15) is 31.9 Å². The maximum absolute atomic E-state index is 12.8. The molecule has 2 aromatic rings. The molecule has 0 radical (unpaired) electrons. The topological polar surface area (TPSA) is 63.2 Å². The highest BCUT2D eigenvalue weighted by molar-refractivity contribution is 9.10. The third-order valence-electron chi connectivity index (χ3n) is 3.49. The van der Waals surface area contributed by atoms with E-state index in [1.165, 1.54) is 12.1 Å². The number of amides is 1. The maximum Gasteiger partial charge on any atom is 0.252 e. The molecular formula is C20H22BrNO3S. The Labute approximate surface area is 163 Å². The SMILES string of the molecule is CC(C)(C)NC(=O)C(=Cc1cccc(Br)c1)c1ccc(S(C)(=O)=O)cc1. The summed E-state index contributed by atoms with van der Waals surface area (Å²) in [6.07, 6.45) is 2.95. The van der Waals surface area contributed by atoms with E-state index < -0.39 is 9.84 Å². The van der Waals surface area contributed by atoms with E-state index in [0.29, 0.717) is 11.1 Å². The fraction of sp³-hybridized carbons (Fsp3) is 0.250. The van der Waals surface area contributed by atoms with E-state index >= 15 is 0 Å². The van der Waals surface area contributed by atoms with Gasteiger partial charge in [-0.25, -0.2) is 8.42 Å².